The molecule has 150 valence electrons. The minimum atomic E-state index is -4.25. The molecule has 4 nitrogen and oxygen atoms in total. The largest absolute Gasteiger partial charge is 0.392 e. The molecule has 0 N–H and O–H groups in total. The first-order valence-electron chi connectivity index (χ1n) is 10.1. The zero-order valence-corrected chi connectivity index (χ0v) is 15.5. The number of morpholine rings is 1. The van der Waals surface area contributed by atoms with Gasteiger partial charge in [0, 0.05) is 32.1 Å². The van der Waals surface area contributed by atoms with Gasteiger partial charge in [0.05, 0.1) is 19.1 Å². The van der Waals surface area contributed by atoms with E-state index in [1.165, 1.54) is 0 Å². The normalized spacial score (nSPS) is 29.7. The first kappa shape index (κ1) is 19.9. The molecule has 0 radical (unpaired) electrons. The number of amides is 1. The van der Waals surface area contributed by atoms with E-state index in [0.717, 1.165) is 58.5 Å². The first-order valence-corrected chi connectivity index (χ1v) is 10.1. The van der Waals surface area contributed by atoms with E-state index < -0.39 is 18.0 Å². The van der Waals surface area contributed by atoms with Crippen LogP contribution in [0.25, 0.3) is 0 Å². The molecule has 0 aromatic carbocycles. The van der Waals surface area contributed by atoms with Gasteiger partial charge in [-0.1, -0.05) is 12.8 Å². The SMILES string of the molecule is O=C([C@@H]1CCCC[C@@H]1C(F)(F)F)N1CCC(CCN2CCOCC2)CC1. The molecule has 0 bridgehead atoms. The summed E-state index contributed by atoms with van der Waals surface area (Å²) >= 11 is 0. The topological polar surface area (TPSA) is 32.8 Å². The van der Waals surface area contributed by atoms with E-state index in [4.69, 9.17) is 4.74 Å². The Morgan fingerprint density at radius 1 is 0.962 bits per heavy atom. The number of piperidine rings is 1. The molecule has 1 saturated carbocycles. The summed E-state index contributed by atoms with van der Waals surface area (Å²) in [6.07, 6.45) is 0.499. The number of carbonyl (C=O) groups is 1. The molecule has 1 amide bonds. The van der Waals surface area contributed by atoms with Crippen LogP contribution in [-0.2, 0) is 9.53 Å². The molecule has 2 saturated heterocycles. The maximum atomic E-state index is 13.3. The van der Waals surface area contributed by atoms with Crippen molar-refractivity contribution < 1.29 is 22.7 Å². The summed E-state index contributed by atoms with van der Waals surface area (Å²) in [6.45, 7) is 5.86. The number of halogens is 3. The quantitative estimate of drug-likeness (QED) is 0.755. The van der Waals surface area contributed by atoms with Gasteiger partial charge in [-0.25, -0.2) is 0 Å². The predicted molar refractivity (Wildman–Crippen MR) is 92.7 cm³/mol. The predicted octanol–water partition coefficient (Wildman–Crippen LogP) is 3.32. The van der Waals surface area contributed by atoms with Crippen molar-refractivity contribution in [2.45, 2.75) is 51.1 Å². The Labute approximate surface area is 154 Å². The molecule has 0 spiro atoms. The lowest BCUT2D eigenvalue weighted by molar-refractivity contribution is -0.201. The van der Waals surface area contributed by atoms with E-state index in [1.54, 1.807) is 4.90 Å². The number of nitrogens with zero attached hydrogens (tertiary/aromatic N) is 2. The van der Waals surface area contributed by atoms with Crippen molar-refractivity contribution in [1.82, 2.24) is 9.80 Å². The molecule has 1 aliphatic carbocycles. The van der Waals surface area contributed by atoms with Crippen LogP contribution in [0, 0.1) is 17.8 Å². The Bertz CT molecular complexity index is 458. The van der Waals surface area contributed by atoms with Gasteiger partial charge in [0.25, 0.3) is 0 Å². The highest BCUT2D eigenvalue weighted by atomic mass is 19.4. The standard InChI is InChI=1S/C19H31F3N2O2/c20-19(21,22)17-4-2-1-3-16(17)18(25)24-9-6-15(7-10-24)5-8-23-11-13-26-14-12-23/h15-17H,1-14H2/t16-,17+/m1/s1. The van der Waals surface area contributed by atoms with E-state index in [-0.39, 0.29) is 12.3 Å². The Hall–Kier alpha value is -0.820. The van der Waals surface area contributed by atoms with E-state index >= 15 is 0 Å². The van der Waals surface area contributed by atoms with Crippen molar-refractivity contribution in [2.75, 3.05) is 45.9 Å². The van der Waals surface area contributed by atoms with Gasteiger partial charge in [-0.05, 0) is 44.6 Å². The first-order chi connectivity index (χ1) is 12.4. The van der Waals surface area contributed by atoms with Gasteiger partial charge < -0.3 is 9.64 Å². The molecule has 0 unspecified atom stereocenters. The Kier molecular flexibility index (Phi) is 6.83. The van der Waals surface area contributed by atoms with Crippen molar-refractivity contribution >= 4 is 5.91 Å². The van der Waals surface area contributed by atoms with Crippen molar-refractivity contribution in [3.05, 3.63) is 0 Å². The molecule has 2 heterocycles. The van der Waals surface area contributed by atoms with Crippen LogP contribution in [0.1, 0.15) is 44.9 Å². The van der Waals surface area contributed by atoms with Crippen LogP contribution in [0.2, 0.25) is 0 Å². The monoisotopic (exact) mass is 376 g/mol. The fourth-order valence-corrected chi connectivity index (χ4v) is 4.68. The molecule has 0 aromatic rings. The summed E-state index contributed by atoms with van der Waals surface area (Å²) < 4.78 is 45.2. The second kappa shape index (κ2) is 8.91. The summed E-state index contributed by atoms with van der Waals surface area (Å²) in [4.78, 5) is 16.8. The second-order valence-corrected chi connectivity index (χ2v) is 8.05. The van der Waals surface area contributed by atoms with Crippen molar-refractivity contribution in [3.63, 3.8) is 0 Å². The minimum absolute atomic E-state index is 0.107. The van der Waals surface area contributed by atoms with Crippen LogP contribution in [0.3, 0.4) is 0 Å². The van der Waals surface area contributed by atoms with Gasteiger partial charge >= 0.3 is 6.18 Å². The third-order valence-corrected chi connectivity index (χ3v) is 6.39. The molecule has 3 rings (SSSR count). The number of hydrogen-bond donors (Lipinski definition) is 0. The zero-order valence-electron chi connectivity index (χ0n) is 15.5. The maximum Gasteiger partial charge on any atom is 0.392 e. The fourth-order valence-electron chi connectivity index (χ4n) is 4.68. The summed E-state index contributed by atoms with van der Waals surface area (Å²) in [6, 6.07) is 0. The van der Waals surface area contributed by atoms with E-state index in [2.05, 4.69) is 4.90 Å². The molecular weight excluding hydrogens is 345 g/mol. The highest BCUT2D eigenvalue weighted by Gasteiger charge is 2.49. The lowest BCUT2D eigenvalue weighted by atomic mass is 9.77. The van der Waals surface area contributed by atoms with Gasteiger partial charge in [0.15, 0.2) is 0 Å². The highest BCUT2D eigenvalue weighted by molar-refractivity contribution is 5.79. The number of likely N-dealkylation sites (tertiary alicyclic amines) is 1. The summed E-state index contributed by atoms with van der Waals surface area (Å²) in [5.41, 5.74) is 0. The van der Waals surface area contributed by atoms with E-state index in [0.29, 0.717) is 31.8 Å². The van der Waals surface area contributed by atoms with Gasteiger partial charge in [-0.3, -0.25) is 9.69 Å². The molecule has 26 heavy (non-hydrogen) atoms. The number of rotatable bonds is 4. The number of alkyl halides is 3. The van der Waals surface area contributed by atoms with Crippen LogP contribution < -0.4 is 0 Å². The third-order valence-electron chi connectivity index (χ3n) is 6.39. The Morgan fingerprint density at radius 2 is 1.62 bits per heavy atom. The Balaban J connectivity index is 1.45. The molecule has 3 aliphatic rings. The summed E-state index contributed by atoms with van der Waals surface area (Å²) in [5, 5.41) is 0. The molecule has 7 heteroatoms. The van der Waals surface area contributed by atoms with Crippen molar-refractivity contribution in [3.8, 4) is 0 Å². The fraction of sp³-hybridized carbons (Fsp3) is 0.947. The number of ether oxygens (including phenoxy) is 1. The molecule has 0 aromatic heterocycles. The van der Waals surface area contributed by atoms with Gasteiger partial charge in [-0.15, -0.1) is 0 Å². The lowest BCUT2D eigenvalue weighted by Gasteiger charge is -2.39. The third kappa shape index (κ3) is 5.12. The summed E-state index contributed by atoms with van der Waals surface area (Å²) in [5.74, 6) is -1.97. The lowest BCUT2D eigenvalue weighted by Crippen LogP contribution is -2.47. The minimum Gasteiger partial charge on any atom is -0.379 e. The summed E-state index contributed by atoms with van der Waals surface area (Å²) in [7, 11) is 0. The highest BCUT2D eigenvalue weighted by Crippen LogP contribution is 2.42. The average molecular weight is 376 g/mol. The smallest absolute Gasteiger partial charge is 0.379 e. The average Bonchev–Trinajstić information content (AvgIpc) is 2.66. The van der Waals surface area contributed by atoms with Crippen LogP contribution in [-0.4, -0.2) is 67.8 Å². The molecule has 2 atom stereocenters. The van der Waals surface area contributed by atoms with Crippen LogP contribution in [0.4, 0.5) is 13.2 Å². The van der Waals surface area contributed by atoms with Crippen LogP contribution >= 0.6 is 0 Å². The molecule has 3 fully saturated rings. The number of carbonyl (C=O) groups excluding carboxylic acids is 1. The van der Waals surface area contributed by atoms with Crippen LogP contribution in [0.5, 0.6) is 0 Å². The van der Waals surface area contributed by atoms with Gasteiger partial charge in [0.2, 0.25) is 5.91 Å². The van der Waals surface area contributed by atoms with Crippen LogP contribution in [0.15, 0.2) is 0 Å². The van der Waals surface area contributed by atoms with E-state index in [9.17, 15) is 18.0 Å². The maximum absolute atomic E-state index is 13.3. The molecular formula is C19H31F3N2O2. The van der Waals surface area contributed by atoms with Gasteiger partial charge in [-0.2, -0.15) is 13.2 Å². The van der Waals surface area contributed by atoms with Gasteiger partial charge in [0.1, 0.15) is 0 Å². The van der Waals surface area contributed by atoms with Crippen molar-refractivity contribution in [1.29, 1.82) is 0 Å². The second-order valence-electron chi connectivity index (χ2n) is 8.05. The van der Waals surface area contributed by atoms with E-state index in [1.807, 2.05) is 0 Å². The van der Waals surface area contributed by atoms with Crippen molar-refractivity contribution in [2.24, 2.45) is 17.8 Å². The molecule has 2 aliphatic heterocycles. The Morgan fingerprint density at radius 3 is 2.27 bits per heavy atom. The number of hydrogen-bond acceptors (Lipinski definition) is 3. The zero-order chi connectivity index (χ0) is 18.6.